The maximum absolute atomic E-state index is 12.3. The molecule has 0 aliphatic rings. The number of H-pyrrole nitrogens is 1. The van der Waals surface area contributed by atoms with Gasteiger partial charge in [-0.2, -0.15) is 21.6 Å². The summed E-state index contributed by atoms with van der Waals surface area (Å²) >= 11 is 0. The normalized spacial score (nSPS) is 12.4. The van der Waals surface area contributed by atoms with Crippen LogP contribution < -0.4 is 4.18 Å². The van der Waals surface area contributed by atoms with Gasteiger partial charge < -0.3 is 9.17 Å². The maximum atomic E-state index is 12.3. The minimum atomic E-state index is -5.69. The molecule has 0 saturated heterocycles. The predicted molar refractivity (Wildman–Crippen MR) is 66.6 cm³/mol. The SMILES string of the molecule is Cc1ccc(-c2ccccc2OS(=O)(=O)C(F)(F)F)[nH]1. The fourth-order valence-corrected chi connectivity index (χ4v) is 2.06. The van der Waals surface area contributed by atoms with E-state index in [0.29, 0.717) is 5.69 Å². The molecular weight excluding hydrogens is 295 g/mol. The molecule has 0 spiro atoms. The zero-order valence-corrected chi connectivity index (χ0v) is 11.0. The Labute approximate surface area is 113 Å². The van der Waals surface area contributed by atoms with E-state index >= 15 is 0 Å². The molecule has 4 nitrogen and oxygen atoms in total. The van der Waals surface area contributed by atoms with Gasteiger partial charge in [0.05, 0.1) is 0 Å². The Balaban J connectivity index is 2.45. The fraction of sp³-hybridized carbons (Fsp3) is 0.167. The molecule has 0 fully saturated rings. The van der Waals surface area contributed by atoms with Crippen molar-refractivity contribution < 1.29 is 25.8 Å². The van der Waals surface area contributed by atoms with Crippen LogP contribution in [0.4, 0.5) is 13.2 Å². The van der Waals surface area contributed by atoms with Gasteiger partial charge in [-0.15, -0.1) is 0 Å². The van der Waals surface area contributed by atoms with Crippen LogP contribution in [0.15, 0.2) is 36.4 Å². The van der Waals surface area contributed by atoms with E-state index in [9.17, 15) is 21.6 Å². The molecule has 0 atom stereocenters. The Hall–Kier alpha value is -1.96. The van der Waals surface area contributed by atoms with Crippen LogP contribution in [0.3, 0.4) is 0 Å². The predicted octanol–water partition coefficient (Wildman–Crippen LogP) is 3.22. The van der Waals surface area contributed by atoms with Crippen molar-refractivity contribution in [3.8, 4) is 17.0 Å². The number of hydrogen-bond acceptors (Lipinski definition) is 3. The number of nitrogens with one attached hydrogen (secondary N) is 1. The summed E-state index contributed by atoms with van der Waals surface area (Å²) in [6.07, 6.45) is 0. The number of halogens is 3. The van der Waals surface area contributed by atoms with Crippen LogP contribution in [-0.2, 0) is 10.1 Å². The summed E-state index contributed by atoms with van der Waals surface area (Å²) in [5, 5.41) is 0. The quantitative estimate of drug-likeness (QED) is 0.699. The third kappa shape index (κ3) is 2.79. The van der Waals surface area contributed by atoms with Crippen molar-refractivity contribution in [3.63, 3.8) is 0 Å². The van der Waals surface area contributed by atoms with Gasteiger partial charge in [0, 0.05) is 17.0 Å². The second-order valence-electron chi connectivity index (χ2n) is 4.03. The van der Waals surface area contributed by atoms with Crippen molar-refractivity contribution in [1.82, 2.24) is 4.98 Å². The summed E-state index contributed by atoms with van der Waals surface area (Å²) in [6.45, 7) is 1.76. The van der Waals surface area contributed by atoms with Crippen LogP contribution in [0.1, 0.15) is 5.69 Å². The Bertz CT molecular complexity index is 720. The highest BCUT2D eigenvalue weighted by atomic mass is 32.2. The third-order valence-electron chi connectivity index (χ3n) is 2.49. The summed E-state index contributed by atoms with van der Waals surface area (Å²) in [5.41, 5.74) is -3.98. The van der Waals surface area contributed by atoms with E-state index in [2.05, 4.69) is 9.17 Å². The summed E-state index contributed by atoms with van der Waals surface area (Å²) in [7, 11) is -5.69. The molecule has 1 N–H and O–H groups in total. The Morgan fingerprint density at radius 2 is 1.75 bits per heavy atom. The van der Waals surface area contributed by atoms with E-state index in [-0.39, 0.29) is 11.3 Å². The van der Waals surface area contributed by atoms with Crippen molar-refractivity contribution in [2.24, 2.45) is 0 Å². The van der Waals surface area contributed by atoms with Crippen LogP contribution in [0.2, 0.25) is 0 Å². The number of aromatic amines is 1. The lowest BCUT2D eigenvalue weighted by molar-refractivity contribution is -0.0499. The highest BCUT2D eigenvalue weighted by Crippen LogP contribution is 2.33. The van der Waals surface area contributed by atoms with Gasteiger partial charge in [0.1, 0.15) is 0 Å². The van der Waals surface area contributed by atoms with Crippen molar-refractivity contribution >= 4 is 10.1 Å². The standard InChI is InChI=1S/C12H10F3NO3S/c1-8-6-7-10(16-8)9-4-2-3-5-11(9)19-20(17,18)12(13,14)15/h2-7,16H,1H3. The van der Waals surface area contributed by atoms with Crippen LogP contribution in [0.25, 0.3) is 11.3 Å². The minimum Gasteiger partial charge on any atom is -0.375 e. The summed E-state index contributed by atoms with van der Waals surface area (Å²) in [5.74, 6) is -0.383. The Morgan fingerprint density at radius 3 is 2.30 bits per heavy atom. The molecule has 0 saturated carbocycles. The average Bonchev–Trinajstić information content (AvgIpc) is 2.74. The van der Waals surface area contributed by atoms with Gasteiger partial charge in [0.15, 0.2) is 5.75 Å². The van der Waals surface area contributed by atoms with Gasteiger partial charge in [-0.05, 0) is 31.2 Å². The van der Waals surface area contributed by atoms with Gasteiger partial charge >= 0.3 is 15.6 Å². The molecule has 0 aliphatic heterocycles. The van der Waals surface area contributed by atoms with Crippen LogP contribution in [0.5, 0.6) is 5.75 Å². The first-order valence-corrected chi connectivity index (χ1v) is 6.87. The molecular formula is C12H10F3NO3S. The number of aryl methyl sites for hydroxylation is 1. The molecule has 2 rings (SSSR count). The molecule has 1 aromatic heterocycles. The number of alkyl halides is 3. The van der Waals surface area contributed by atoms with Gasteiger partial charge in [-0.3, -0.25) is 0 Å². The first kappa shape index (κ1) is 14.4. The monoisotopic (exact) mass is 305 g/mol. The van der Waals surface area contributed by atoms with Gasteiger partial charge in [-0.25, -0.2) is 0 Å². The Kier molecular flexibility index (Phi) is 3.51. The fourth-order valence-electron chi connectivity index (χ4n) is 1.59. The molecule has 0 radical (unpaired) electrons. The van der Waals surface area contributed by atoms with Crippen molar-refractivity contribution in [3.05, 3.63) is 42.1 Å². The van der Waals surface area contributed by atoms with Crippen LogP contribution in [-0.4, -0.2) is 18.9 Å². The van der Waals surface area contributed by atoms with E-state index in [1.54, 1.807) is 25.1 Å². The van der Waals surface area contributed by atoms with Crippen molar-refractivity contribution in [2.45, 2.75) is 12.4 Å². The van der Waals surface area contributed by atoms with E-state index in [1.807, 2.05) is 0 Å². The Morgan fingerprint density at radius 1 is 1.10 bits per heavy atom. The first-order valence-electron chi connectivity index (χ1n) is 5.46. The molecule has 0 aliphatic carbocycles. The second-order valence-corrected chi connectivity index (χ2v) is 5.57. The number of benzene rings is 1. The lowest BCUT2D eigenvalue weighted by Crippen LogP contribution is -2.28. The molecule has 0 unspecified atom stereocenters. The van der Waals surface area contributed by atoms with E-state index in [0.717, 1.165) is 11.8 Å². The second kappa shape index (κ2) is 4.86. The molecule has 2 aromatic rings. The zero-order chi connectivity index (χ0) is 15.0. The molecule has 0 amide bonds. The molecule has 20 heavy (non-hydrogen) atoms. The zero-order valence-electron chi connectivity index (χ0n) is 10.2. The summed E-state index contributed by atoms with van der Waals surface area (Å²) in [6, 6.07) is 8.92. The lowest BCUT2D eigenvalue weighted by Gasteiger charge is -2.12. The van der Waals surface area contributed by atoms with Gasteiger partial charge in [0.2, 0.25) is 0 Å². The van der Waals surface area contributed by atoms with Crippen LogP contribution >= 0.6 is 0 Å². The molecule has 0 bridgehead atoms. The highest BCUT2D eigenvalue weighted by Gasteiger charge is 2.48. The molecule has 1 aromatic carbocycles. The maximum Gasteiger partial charge on any atom is 0.534 e. The van der Waals surface area contributed by atoms with E-state index in [4.69, 9.17) is 0 Å². The lowest BCUT2D eigenvalue weighted by atomic mass is 10.1. The van der Waals surface area contributed by atoms with Crippen molar-refractivity contribution in [2.75, 3.05) is 0 Å². The largest absolute Gasteiger partial charge is 0.534 e. The number of hydrogen-bond donors (Lipinski definition) is 1. The van der Waals surface area contributed by atoms with Gasteiger partial charge in [0.25, 0.3) is 0 Å². The molecule has 108 valence electrons. The topological polar surface area (TPSA) is 59.2 Å². The number of para-hydroxylation sites is 1. The number of aromatic nitrogens is 1. The summed E-state index contributed by atoms with van der Waals surface area (Å²) in [4.78, 5) is 2.90. The highest BCUT2D eigenvalue weighted by molar-refractivity contribution is 7.88. The average molecular weight is 305 g/mol. The molecule has 8 heteroatoms. The van der Waals surface area contributed by atoms with Gasteiger partial charge in [-0.1, -0.05) is 12.1 Å². The van der Waals surface area contributed by atoms with Crippen molar-refractivity contribution in [1.29, 1.82) is 0 Å². The van der Waals surface area contributed by atoms with E-state index < -0.39 is 15.6 Å². The first-order chi connectivity index (χ1) is 9.21. The number of rotatable bonds is 3. The van der Waals surface area contributed by atoms with E-state index in [1.165, 1.54) is 12.1 Å². The smallest absolute Gasteiger partial charge is 0.375 e. The van der Waals surface area contributed by atoms with Crippen LogP contribution in [0, 0.1) is 6.92 Å². The molecule has 1 heterocycles. The minimum absolute atomic E-state index is 0.230. The summed E-state index contributed by atoms with van der Waals surface area (Å²) < 4.78 is 63.3. The third-order valence-corrected chi connectivity index (χ3v) is 3.46.